The van der Waals surface area contributed by atoms with Crippen molar-refractivity contribution in [2.45, 2.75) is 6.92 Å². The molecule has 0 aliphatic heterocycles. The van der Waals surface area contributed by atoms with Gasteiger partial charge in [-0.2, -0.15) is 0 Å². The molecular formula is C13H11N3S2. The van der Waals surface area contributed by atoms with Crippen LogP contribution in [-0.2, 0) is 0 Å². The van der Waals surface area contributed by atoms with Crippen molar-refractivity contribution in [1.82, 2.24) is 9.97 Å². The quantitative estimate of drug-likeness (QED) is 0.772. The predicted octanol–water partition coefficient (Wildman–Crippen LogP) is 4.32. The molecular weight excluding hydrogens is 262 g/mol. The minimum Gasteiger partial charge on any atom is -0.332 e. The molecule has 0 unspecified atom stereocenters. The molecule has 90 valence electrons. The number of rotatable bonds is 3. The molecule has 18 heavy (non-hydrogen) atoms. The third-order valence-corrected chi connectivity index (χ3v) is 3.81. The van der Waals surface area contributed by atoms with Gasteiger partial charge in [0.05, 0.1) is 5.51 Å². The number of aromatic nitrogens is 2. The van der Waals surface area contributed by atoms with Crippen molar-refractivity contribution in [3.05, 3.63) is 46.1 Å². The lowest BCUT2D eigenvalue weighted by atomic mass is 10.2. The number of nitrogens with zero attached hydrogens (tertiary/aromatic N) is 2. The molecule has 0 aliphatic carbocycles. The molecule has 0 amide bonds. The Morgan fingerprint density at radius 2 is 2.11 bits per heavy atom. The van der Waals surface area contributed by atoms with Gasteiger partial charge in [-0.3, -0.25) is 0 Å². The Morgan fingerprint density at radius 3 is 2.89 bits per heavy atom. The van der Waals surface area contributed by atoms with Gasteiger partial charge in [-0.15, -0.1) is 22.7 Å². The summed E-state index contributed by atoms with van der Waals surface area (Å²) in [6.07, 6.45) is 0. The van der Waals surface area contributed by atoms with E-state index >= 15 is 0 Å². The van der Waals surface area contributed by atoms with Gasteiger partial charge in [-0.05, 0) is 24.6 Å². The van der Waals surface area contributed by atoms with Crippen LogP contribution in [0.5, 0.6) is 0 Å². The highest BCUT2D eigenvalue weighted by atomic mass is 32.1. The van der Waals surface area contributed by atoms with Crippen LogP contribution in [0.1, 0.15) is 5.56 Å². The van der Waals surface area contributed by atoms with Crippen LogP contribution in [0.15, 0.2) is 40.5 Å². The number of hydrogen-bond acceptors (Lipinski definition) is 5. The average molecular weight is 273 g/mol. The van der Waals surface area contributed by atoms with Crippen molar-refractivity contribution in [1.29, 1.82) is 0 Å². The molecule has 3 aromatic rings. The lowest BCUT2D eigenvalue weighted by Crippen LogP contribution is -1.89. The second-order valence-electron chi connectivity index (χ2n) is 3.91. The van der Waals surface area contributed by atoms with Crippen molar-refractivity contribution < 1.29 is 0 Å². The van der Waals surface area contributed by atoms with Crippen molar-refractivity contribution >= 4 is 33.5 Å². The molecule has 0 fully saturated rings. The molecule has 0 aliphatic rings. The van der Waals surface area contributed by atoms with E-state index in [2.05, 4.69) is 34.3 Å². The summed E-state index contributed by atoms with van der Waals surface area (Å²) in [5.74, 6) is 0. The van der Waals surface area contributed by atoms with Crippen molar-refractivity contribution in [3.8, 4) is 11.4 Å². The van der Waals surface area contributed by atoms with Crippen molar-refractivity contribution in [2.75, 3.05) is 5.32 Å². The van der Waals surface area contributed by atoms with Gasteiger partial charge in [0.25, 0.3) is 0 Å². The molecule has 0 saturated heterocycles. The summed E-state index contributed by atoms with van der Waals surface area (Å²) in [5.41, 5.74) is 5.98. The van der Waals surface area contributed by atoms with E-state index in [4.69, 9.17) is 0 Å². The number of anilines is 2. The van der Waals surface area contributed by atoms with Crippen LogP contribution < -0.4 is 5.32 Å². The van der Waals surface area contributed by atoms with Crippen LogP contribution in [0.4, 0.5) is 10.8 Å². The Morgan fingerprint density at radius 1 is 1.17 bits per heavy atom. The zero-order valence-corrected chi connectivity index (χ0v) is 11.4. The van der Waals surface area contributed by atoms with E-state index in [1.54, 1.807) is 22.7 Å². The smallest absolute Gasteiger partial charge is 0.187 e. The summed E-state index contributed by atoms with van der Waals surface area (Å²) in [7, 11) is 0. The zero-order valence-electron chi connectivity index (χ0n) is 9.75. The molecule has 0 spiro atoms. The number of nitrogens with one attached hydrogen (secondary N) is 1. The highest BCUT2D eigenvalue weighted by Gasteiger charge is 2.06. The summed E-state index contributed by atoms with van der Waals surface area (Å²) in [6.45, 7) is 2.08. The monoisotopic (exact) mass is 273 g/mol. The van der Waals surface area contributed by atoms with Crippen LogP contribution in [0.25, 0.3) is 11.4 Å². The molecule has 3 rings (SSSR count). The highest BCUT2D eigenvalue weighted by molar-refractivity contribution is 7.14. The Balaban J connectivity index is 1.82. The van der Waals surface area contributed by atoms with Crippen molar-refractivity contribution in [3.63, 3.8) is 0 Å². The largest absolute Gasteiger partial charge is 0.332 e. The standard InChI is InChI=1S/C13H11N3S2/c1-9-3-2-4-10(5-9)15-13-16-12(7-18-13)11-6-17-8-14-11/h2-8H,1H3,(H,15,16). The first-order chi connectivity index (χ1) is 8.81. The van der Waals surface area contributed by atoms with E-state index in [1.807, 2.05) is 28.4 Å². The summed E-state index contributed by atoms with van der Waals surface area (Å²) in [5, 5.41) is 8.23. The van der Waals surface area contributed by atoms with E-state index in [0.717, 1.165) is 22.2 Å². The Labute approximate surface area is 113 Å². The van der Waals surface area contributed by atoms with Gasteiger partial charge in [0, 0.05) is 16.4 Å². The maximum Gasteiger partial charge on any atom is 0.187 e. The van der Waals surface area contributed by atoms with E-state index < -0.39 is 0 Å². The van der Waals surface area contributed by atoms with Gasteiger partial charge >= 0.3 is 0 Å². The molecule has 2 aromatic heterocycles. The molecule has 1 N–H and O–H groups in total. The van der Waals surface area contributed by atoms with Gasteiger partial charge in [0.1, 0.15) is 11.4 Å². The lowest BCUT2D eigenvalue weighted by molar-refractivity contribution is 1.32. The predicted molar refractivity (Wildman–Crippen MR) is 77.7 cm³/mol. The Hall–Kier alpha value is -1.72. The minimum atomic E-state index is 0.892. The van der Waals surface area contributed by atoms with Crippen LogP contribution >= 0.6 is 22.7 Å². The fourth-order valence-corrected chi connectivity index (χ4v) is 2.90. The molecule has 1 aromatic carbocycles. The third kappa shape index (κ3) is 2.42. The normalized spacial score (nSPS) is 10.5. The topological polar surface area (TPSA) is 37.8 Å². The maximum atomic E-state index is 4.53. The van der Waals surface area contributed by atoms with E-state index in [0.29, 0.717) is 0 Å². The van der Waals surface area contributed by atoms with Crippen LogP contribution in [0.3, 0.4) is 0 Å². The minimum absolute atomic E-state index is 0.892. The maximum absolute atomic E-state index is 4.53. The van der Waals surface area contributed by atoms with Gasteiger partial charge in [0.15, 0.2) is 5.13 Å². The van der Waals surface area contributed by atoms with Gasteiger partial charge in [-0.1, -0.05) is 12.1 Å². The molecule has 5 heteroatoms. The lowest BCUT2D eigenvalue weighted by Gasteiger charge is -2.02. The first kappa shape index (κ1) is 11.4. The zero-order chi connectivity index (χ0) is 12.4. The number of aryl methyl sites for hydroxylation is 1. The van der Waals surface area contributed by atoms with Crippen LogP contribution in [0.2, 0.25) is 0 Å². The van der Waals surface area contributed by atoms with Crippen molar-refractivity contribution in [2.24, 2.45) is 0 Å². The number of benzene rings is 1. The molecule has 0 radical (unpaired) electrons. The molecule has 0 atom stereocenters. The van der Waals surface area contributed by atoms with E-state index in [-0.39, 0.29) is 0 Å². The Kier molecular flexibility index (Phi) is 3.08. The first-order valence-corrected chi connectivity index (χ1v) is 7.31. The molecule has 0 saturated carbocycles. The SMILES string of the molecule is Cc1cccc(Nc2nc(-c3cscn3)cs2)c1. The summed E-state index contributed by atoms with van der Waals surface area (Å²) in [4.78, 5) is 8.79. The summed E-state index contributed by atoms with van der Waals surface area (Å²) >= 11 is 3.17. The molecule has 2 heterocycles. The number of hydrogen-bond donors (Lipinski definition) is 1. The average Bonchev–Trinajstić information content (AvgIpc) is 2.98. The van der Waals surface area contributed by atoms with Crippen LogP contribution in [0, 0.1) is 6.92 Å². The number of thiazole rings is 2. The molecule has 3 nitrogen and oxygen atoms in total. The second kappa shape index (κ2) is 4.88. The summed E-state index contributed by atoms with van der Waals surface area (Å²) in [6, 6.07) is 8.25. The fourth-order valence-electron chi connectivity index (χ4n) is 1.63. The second-order valence-corrected chi connectivity index (χ2v) is 5.48. The van der Waals surface area contributed by atoms with E-state index in [9.17, 15) is 0 Å². The van der Waals surface area contributed by atoms with Crippen LogP contribution in [-0.4, -0.2) is 9.97 Å². The van der Waals surface area contributed by atoms with Gasteiger partial charge in [0.2, 0.25) is 0 Å². The third-order valence-electron chi connectivity index (χ3n) is 2.47. The van der Waals surface area contributed by atoms with E-state index in [1.165, 1.54) is 5.56 Å². The fraction of sp³-hybridized carbons (Fsp3) is 0.0769. The molecule has 0 bridgehead atoms. The van der Waals surface area contributed by atoms with Gasteiger partial charge in [-0.25, -0.2) is 9.97 Å². The highest BCUT2D eigenvalue weighted by Crippen LogP contribution is 2.27. The summed E-state index contributed by atoms with van der Waals surface area (Å²) < 4.78 is 0. The first-order valence-electron chi connectivity index (χ1n) is 5.49. The Bertz CT molecular complexity index is 644. The van der Waals surface area contributed by atoms with Gasteiger partial charge < -0.3 is 5.32 Å².